The molecule has 0 spiro atoms. The third kappa shape index (κ3) is 4.72. The molecule has 1 unspecified atom stereocenters. The second-order valence-electron chi connectivity index (χ2n) is 8.94. The van der Waals surface area contributed by atoms with Crippen LogP contribution in [0.15, 0.2) is 77.7 Å². The number of nitrogens with zero attached hydrogens (tertiary/aromatic N) is 2. The van der Waals surface area contributed by atoms with Crippen molar-refractivity contribution in [3.8, 4) is 5.75 Å². The van der Waals surface area contributed by atoms with Crippen LogP contribution in [-0.4, -0.2) is 43.7 Å². The average Bonchev–Trinajstić information content (AvgIpc) is 3.44. The molecule has 186 valence electrons. The second-order valence-corrected chi connectivity index (χ2v) is 10.9. The quantitative estimate of drug-likeness (QED) is 0.546. The van der Waals surface area contributed by atoms with E-state index >= 15 is 0 Å². The SMILES string of the molecule is CC1Oc2cc(NC(=O)c3ccc(S(=O)(=O)N4CCCC4)cc3)ccc2N(Cc2ccccc2)C1=O. The third-order valence-corrected chi connectivity index (χ3v) is 8.34. The summed E-state index contributed by atoms with van der Waals surface area (Å²) in [5.41, 5.74) is 2.48. The molecule has 36 heavy (non-hydrogen) atoms. The number of fused-ring (bicyclic) bond motifs is 1. The van der Waals surface area contributed by atoms with Crippen molar-refractivity contribution < 1.29 is 22.7 Å². The molecule has 0 saturated carbocycles. The molecule has 2 heterocycles. The smallest absolute Gasteiger partial charge is 0.268 e. The molecule has 0 bridgehead atoms. The van der Waals surface area contributed by atoms with Gasteiger partial charge in [-0.3, -0.25) is 9.59 Å². The first kappa shape index (κ1) is 24.0. The van der Waals surface area contributed by atoms with Gasteiger partial charge in [0.2, 0.25) is 10.0 Å². The van der Waals surface area contributed by atoms with Crippen LogP contribution in [0.3, 0.4) is 0 Å². The van der Waals surface area contributed by atoms with Gasteiger partial charge in [-0.05, 0) is 61.7 Å². The molecule has 1 atom stereocenters. The topological polar surface area (TPSA) is 96.0 Å². The fourth-order valence-electron chi connectivity index (χ4n) is 4.48. The predicted molar refractivity (Wildman–Crippen MR) is 137 cm³/mol. The van der Waals surface area contributed by atoms with E-state index in [1.165, 1.54) is 28.6 Å². The second kappa shape index (κ2) is 9.75. The van der Waals surface area contributed by atoms with Gasteiger partial charge in [-0.2, -0.15) is 4.31 Å². The largest absolute Gasteiger partial charge is 0.479 e. The van der Waals surface area contributed by atoms with Crippen LogP contribution in [0, 0.1) is 0 Å². The molecular formula is C27H27N3O5S. The zero-order chi connectivity index (χ0) is 25.3. The van der Waals surface area contributed by atoms with Crippen LogP contribution < -0.4 is 15.0 Å². The van der Waals surface area contributed by atoms with Gasteiger partial charge in [0.15, 0.2) is 6.10 Å². The minimum atomic E-state index is -3.54. The summed E-state index contributed by atoms with van der Waals surface area (Å²) in [6.45, 7) is 3.17. The fourth-order valence-corrected chi connectivity index (χ4v) is 5.99. The van der Waals surface area contributed by atoms with Gasteiger partial charge in [0, 0.05) is 30.4 Å². The first-order valence-corrected chi connectivity index (χ1v) is 13.3. The number of rotatable bonds is 6. The van der Waals surface area contributed by atoms with Crippen LogP contribution in [0.2, 0.25) is 0 Å². The van der Waals surface area contributed by atoms with E-state index in [1.807, 2.05) is 30.3 Å². The number of ether oxygens (including phenoxy) is 1. The van der Waals surface area contributed by atoms with Crippen molar-refractivity contribution in [1.82, 2.24) is 4.31 Å². The van der Waals surface area contributed by atoms with Gasteiger partial charge in [-0.15, -0.1) is 0 Å². The van der Waals surface area contributed by atoms with Crippen molar-refractivity contribution in [2.45, 2.75) is 37.3 Å². The van der Waals surface area contributed by atoms with Crippen LogP contribution in [0.25, 0.3) is 0 Å². The van der Waals surface area contributed by atoms with Gasteiger partial charge < -0.3 is 15.0 Å². The average molecular weight is 506 g/mol. The Morgan fingerprint density at radius 2 is 1.69 bits per heavy atom. The van der Waals surface area contributed by atoms with E-state index in [4.69, 9.17) is 4.74 Å². The number of carbonyl (C=O) groups excluding carboxylic acids is 2. The van der Waals surface area contributed by atoms with E-state index in [-0.39, 0.29) is 16.7 Å². The van der Waals surface area contributed by atoms with Gasteiger partial charge in [0.1, 0.15) is 5.75 Å². The number of benzene rings is 3. The lowest BCUT2D eigenvalue weighted by Crippen LogP contribution is -2.44. The lowest BCUT2D eigenvalue weighted by molar-refractivity contribution is -0.125. The summed E-state index contributed by atoms with van der Waals surface area (Å²) in [5, 5.41) is 2.83. The fraction of sp³-hybridized carbons (Fsp3) is 0.259. The number of anilines is 2. The number of amides is 2. The molecule has 2 aliphatic rings. The Kier molecular flexibility index (Phi) is 6.51. The normalized spacial score (nSPS) is 18.0. The summed E-state index contributed by atoms with van der Waals surface area (Å²) in [6, 6.07) is 20.8. The first-order chi connectivity index (χ1) is 17.3. The molecule has 2 aliphatic heterocycles. The highest BCUT2D eigenvalue weighted by atomic mass is 32.2. The maximum absolute atomic E-state index is 12.8. The Balaban J connectivity index is 1.32. The first-order valence-electron chi connectivity index (χ1n) is 11.9. The van der Waals surface area contributed by atoms with Crippen molar-refractivity contribution in [3.63, 3.8) is 0 Å². The molecular weight excluding hydrogens is 478 g/mol. The van der Waals surface area contributed by atoms with Gasteiger partial charge in [-0.25, -0.2) is 8.42 Å². The molecule has 8 nitrogen and oxygen atoms in total. The van der Waals surface area contributed by atoms with Crippen LogP contribution in [0.1, 0.15) is 35.7 Å². The van der Waals surface area contributed by atoms with E-state index in [0.717, 1.165) is 18.4 Å². The maximum atomic E-state index is 12.8. The van der Waals surface area contributed by atoms with Crippen LogP contribution in [0.4, 0.5) is 11.4 Å². The Hall–Kier alpha value is -3.69. The third-order valence-electron chi connectivity index (χ3n) is 6.43. The van der Waals surface area contributed by atoms with Gasteiger partial charge in [-0.1, -0.05) is 30.3 Å². The lowest BCUT2D eigenvalue weighted by atomic mass is 10.1. The minimum Gasteiger partial charge on any atom is -0.479 e. The zero-order valence-electron chi connectivity index (χ0n) is 19.9. The Morgan fingerprint density at radius 3 is 2.39 bits per heavy atom. The van der Waals surface area contributed by atoms with Gasteiger partial charge in [0.25, 0.3) is 11.8 Å². The molecule has 3 aromatic carbocycles. The van der Waals surface area contributed by atoms with E-state index in [9.17, 15) is 18.0 Å². The van der Waals surface area contributed by atoms with E-state index in [2.05, 4.69) is 5.32 Å². The summed E-state index contributed by atoms with van der Waals surface area (Å²) in [5.74, 6) is -0.00357. The molecule has 9 heteroatoms. The van der Waals surface area contributed by atoms with Crippen LogP contribution in [0.5, 0.6) is 5.75 Å². The highest BCUT2D eigenvalue weighted by Crippen LogP contribution is 2.37. The minimum absolute atomic E-state index is 0.132. The summed E-state index contributed by atoms with van der Waals surface area (Å²) in [6.07, 6.45) is 1.07. The predicted octanol–water partition coefficient (Wildman–Crippen LogP) is 4.04. The molecule has 1 N–H and O–H groups in total. The molecule has 0 aliphatic carbocycles. The van der Waals surface area contributed by atoms with Gasteiger partial charge >= 0.3 is 0 Å². The van der Waals surface area contributed by atoms with Crippen molar-refractivity contribution in [1.29, 1.82) is 0 Å². The summed E-state index contributed by atoms with van der Waals surface area (Å²) < 4.78 is 32.7. The standard InChI is InChI=1S/C27H27N3O5S/c1-19-27(32)30(18-20-7-3-2-4-8-20)24-14-11-22(17-25(24)35-19)28-26(31)21-9-12-23(13-10-21)36(33,34)29-15-5-6-16-29/h2-4,7-14,17,19H,5-6,15-16,18H2,1H3,(H,28,31). The molecule has 1 saturated heterocycles. The van der Waals surface area contributed by atoms with Gasteiger partial charge in [0.05, 0.1) is 17.1 Å². The molecule has 0 aromatic heterocycles. The zero-order valence-corrected chi connectivity index (χ0v) is 20.7. The monoisotopic (exact) mass is 505 g/mol. The molecule has 2 amide bonds. The lowest BCUT2D eigenvalue weighted by Gasteiger charge is -2.33. The summed E-state index contributed by atoms with van der Waals surface area (Å²) >= 11 is 0. The van der Waals surface area contributed by atoms with Crippen molar-refractivity contribution in [2.24, 2.45) is 0 Å². The summed E-state index contributed by atoms with van der Waals surface area (Å²) in [4.78, 5) is 27.5. The van der Waals surface area contributed by atoms with E-state index in [1.54, 1.807) is 30.0 Å². The number of hydrogen-bond donors (Lipinski definition) is 1. The van der Waals surface area contributed by atoms with Crippen LogP contribution in [-0.2, 0) is 21.4 Å². The Morgan fingerprint density at radius 1 is 1.00 bits per heavy atom. The number of carbonyl (C=O) groups is 2. The Bertz CT molecular complexity index is 1380. The molecule has 1 fully saturated rings. The number of nitrogens with one attached hydrogen (secondary N) is 1. The summed E-state index contributed by atoms with van der Waals surface area (Å²) in [7, 11) is -3.54. The van der Waals surface area contributed by atoms with E-state index in [0.29, 0.717) is 42.3 Å². The van der Waals surface area contributed by atoms with Crippen molar-refractivity contribution >= 4 is 33.2 Å². The Labute approximate surface area is 210 Å². The number of hydrogen-bond acceptors (Lipinski definition) is 5. The highest BCUT2D eigenvalue weighted by molar-refractivity contribution is 7.89. The molecule has 0 radical (unpaired) electrons. The van der Waals surface area contributed by atoms with E-state index < -0.39 is 16.1 Å². The van der Waals surface area contributed by atoms with Crippen molar-refractivity contribution in [2.75, 3.05) is 23.3 Å². The number of sulfonamides is 1. The molecule has 3 aromatic rings. The van der Waals surface area contributed by atoms with Crippen molar-refractivity contribution in [3.05, 3.63) is 83.9 Å². The maximum Gasteiger partial charge on any atom is 0.268 e. The highest BCUT2D eigenvalue weighted by Gasteiger charge is 2.32. The van der Waals surface area contributed by atoms with Crippen LogP contribution >= 0.6 is 0 Å². The molecule has 5 rings (SSSR count).